The van der Waals surface area contributed by atoms with Gasteiger partial charge in [-0.2, -0.15) is 11.3 Å². The van der Waals surface area contributed by atoms with Gasteiger partial charge in [-0.25, -0.2) is 24.0 Å². The number of hydrazine groups is 1. The highest BCUT2D eigenvalue weighted by Crippen LogP contribution is 2.22. The predicted octanol–water partition coefficient (Wildman–Crippen LogP) is 2.10. The van der Waals surface area contributed by atoms with Gasteiger partial charge in [-0.3, -0.25) is 0 Å². The molecule has 0 saturated heterocycles. The zero-order valence-corrected chi connectivity index (χ0v) is 14.4. The maximum atomic E-state index is 12.4. The van der Waals surface area contributed by atoms with Crippen LogP contribution in [-0.4, -0.2) is 19.4 Å². The number of nitrogens with two attached hydrogens (primary N) is 1. The Hall–Kier alpha value is -1.00. The van der Waals surface area contributed by atoms with Crippen LogP contribution in [0, 0.1) is 0 Å². The lowest BCUT2D eigenvalue weighted by Crippen LogP contribution is -2.34. The van der Waals surface area contributed by atoms with Crippen LogP contribution in [-0.2, 0) is 16.4 Å². The molecule has 0 radical (unpaired) electrons. The average molecular weight is 391 g/mol. The van der Waals surface area contributed by atoms with Crippen LogP contribution < -0.4 is 16.0 Å². The van der Waals surface area contributed by atoms with E-state index >= 15 is 0 Å². The van der Waals surface area contributed by atoms with Crippen LogP contribution in [0.2, 0.25) is 0 Å². The van der Waals surface area contributed by atoms with Gasteiger partial charge in [-0.15, -0.1) is 0 Å². The molecule has 0 aromatic carbocycles. The Morgan fingerprint density at radius 3 is 2.90 bits per heavy atom. The van der Waals surface area contributed by atoms with E-state index in [-0.39, 0.29) is 16.8 Å². The largest absolute Gasteiger partial charge is 0.307 e. The molecule has 2 rings (SSSR count). The van der Waals surface area contributed by atoms with E-state index in [2.05, 4.69) is 31.1 Å². The number of nitrogens with zero attached hydrogens (tertiary/aromatic N) is 1. The highest BCUT2D eigenvalue weighted by atomic mass is 79.9. The second-order valence-electron chi connectivity index (χ2n) is 4.50. The van der Waals surface area contributed by atoms with Crippen LogP contribution in [0.15, 0.2) is 38.5 Å². The Kier molecular flexibility index (Phi) is 5.33. The van der Waals surface area contributed by atoms with Crippen LogP contribution in [0.25, 0.3) is 0 Å². The lowest BCUT2D eigenvalue weighted by atomic mass is 10.1. The number of nitrogens with one attached hydrogen (secondary N) is 2. The highest BCUT2D eigenvalue weighted by Gasteiger charge is 2.22. The molecule has 114 valence electrons. The van der Waals surface area contributed by atoms with E-state index in [1.807, 2.05) is 23.8 Å². The van der Waals surface area contributed by atoms with Gasteiger partial charge < -0.3 is 5.43 Å². The van der Waals surface area contributed by atoms with Gasteiger partial charge in [0.25, 0.3) is 0 Å². The molecule has 0 saturated carbocycles. The third kappa shape index (κ3) is 4.24. The Morgan fingerprint density at radius 1 is 1.52 bits per heavy atom. The summed E-state index contributed by atoms with van der Waals surface area (Å²) in [5.74, 6) is 5.42. The summed E-state index contributed by atoms with van der Waals surface area (Å²) < 4.78 is 28.1. The van der Waals surface area contributed by atoms with Gasteiger partial charge in [-0.05, 0) is 57.7 Å². The molecule has 0 amide bonds. The number of sulfonamides is 1. The minimum absolute atomic E-state index is 0.0107. The van der Waals surface area contributed by atoms with Gasteiger partial charge >= 0.3 is 0 Å². The minimum Gasteiger partial charge on any atom is -0.307 e. The summed E-state index contributed by atoms with van der Waals surface area (Å²) in [6.07, 6.45) is 2.10. The van der Waals surface area contributed by atoms with Gasteiger partial charge in [0, 0.05) is 16.7 Å². The first kappa shape index (κ1) is 16.4. The Balaban J connectivity index is 2.20. The fourth-order valence-corrected chi connectivity index (χ4v) is 4.42. The molecule has 1 unspecified atom stereocenters. The number of aromatic nitrogens is 1. The van der Waals surface area contributed by atoms with E-state index in [0.29, 0.717) is 10.9 Å². The van der Waals surface area contributed by atoms with Crippen molar-refractivity contribution in [1.29, 1.82) is 0 Å². The third-order valence-electron chi connectivity index (χ3n) is 2.72. The molecular formula is C12H15BrN4O2S2. The van der Waals surface area contributed by atoms with Gasteiger partial charge in [0.1, 0.15) is 4.90 Å². The summed E-state index contributed by atoms with van der Waals surface area (Å²) in [5.41, 5.74) is 3.40. The topological polar surface area (TPSA) is 97.1 Å². The number of pyridine rings is 1. The first-order valence-corrected chi connectivity index (χ1v) is 9.30. The number of hydrogen-bond acceptors (Lipinski definition) is 6. The second kappa shape index (κ2) is 6.84. The molecule has 6 nitrogen and oxygen atoms in total. The molecule has 0 aliphatic carbocycles. The molecule has 4 N–H and O–H groups in total. The first-order valence-electron chi connectivity index (χ1n) is 6.08. The third-order valence-corrected chi connectivity index (χ3v) is 5.49. The molecule has 0 fully saturated rings. The molecule has 2 heterocycles. The summed E-state index contributed by atoms with van der Waals surface area (Å²) >= 11 is 4.79. The number of thiophene rings is 1. The molecule has 2 aromatic heterocycles. The van der Waals surface area contributed by atoms with Crippen LogP contribution in [0.3, 0.4) is 0 Å². The van der Waals surface area contributed by atoms with Crippen molar-refractivity contribution in [3.63, 3.8) is 0 Å². The van der Waals surface area contributed by atoms with Crippen molar-refractivity contribution in [2.24, 2.45) is 5.84 Å². The predicted molar refractivity (Wildman–Crippen MR) is 87.6 cm³/mol. The maximum absolute atomic E-state index is 12.4. The molecule has 2 aromatic rings. The zero-order chi connectivity index (χ0) is 15.5. The standard InChI is InChI=1S/C12H15BrN4O2S2/c1-8(4-9-2-3-20-7-9)17-21(18,19)11-5-10(13)6-15-12(11)16-14/h2-3,5-8,17H,4,14H2,1H3,(H,15,16). The fraction of sp³-hybridized carbons (Fsp3) is 0.250. The van der Waals surface area contributed by atoms with Gasteiger partial charge in [0.05, 0.1) is 0 Å². The molecule has 21 heavy (non-hydrogen) atoms. The molecule has 9 heteroatoms. The number of hydrogen-bond donors (Lipinski definition) is 3. The summed E-state index contributed by atoms with van der Waals surface area (Å²) in [4.78, 5) is 3.96. The highest BCUT2D eigenvalue weighted by molar-refractivity contribution is 9.10. The van der Waals surface area contributed by atoms with E-state index in [1.165, 1.54) is 12.3 Å². The zero-order valence-electron chi connectivity index (χ0n) is 11.2. The molecule has 0 bridgehead atoms. The van der Waals surface area contributed by atoms with E-state index in [0.717, 1.165) is 5.56 Å². The Morgan fingerprint density at radius 2 is 2.29 bits per heavy atom. The molecule has 1 atom stereocenters. The van der Waals surface area contributed by atoms with Crippen LogP contribution in [0.5, 0.6) is 0 Å². The van der Waals surface area contributed by atoms with Gasteiger partial charge in [-0.1, -0.05) is 0 Å². The van der Waals surface area contributed by atoms with Crippen molar-refractivity contribution in [1.82, 2.24) is 9.71 Å². The molecule has 0 spiro atoms. The van der Waals surface area contributed by atoms with Crippen LogP contribution in [0.4, 0.5) is 5.82 Å². The molecule has 0 aliphatic heterocycles. The smallest absolute Gasteiger partial charge is 0.244 e. The van der Waals surface area contributed by atoms with Gasteiger partial charge in [0.15, 0.2) is 5.82 Å². The Labute approximate surface area is 135 Å². The van der Waals surface area contributed by atoms with Crippen molar-refractivity contribution in [3.8, 4) is 0 Å². The fourth-order valence-electron chi connectivity index (χ4n) is 1.87. The average Bonchev–Trinajstić information content (AvgIpc) is 2.90. The first-order chi connectivity index (χ1) is 9.92. The van der Waals surface area contributed by atoms with E-state index in [9.17, 15) is 8.42 Å². The number of anilines is 1. The van der Waals surface area contributed by atoms with Crippen LogP contribution in [0.1, 0.15) is 12.5 Å². The van der Waals surface area contributed by atoms with Gasteiger partial charge in [0.2, 0.25) is 10.0 Å². The minimum atomic E-state index is -3.71. The van der Waals surface area contributed by atoms with E-state index < -0.39 is 10.0 Å². The quantitative estimate of drug-likeness (QED) is 0.518. The summed E-state index contributed by atoms with van der Waals surface area (Å²) in [6.45, 7) is 1.82. The summed E-state index contributed by atoms with van der Waals surface area (Å²) in [5, 5.41) is 3.96. The number of halogens is 1. The SMILES string of the molecule is CC(Cc1ccsc1)NS(=O)(=O)c1cc(Br)cnc1NN. The van der Waals surface area contributed by atoms with Crippen molar-refractivity contribution in [2.75, 3.05) is 5.43 Å². The normalized spacial score (nSPS) is 13.1. The maximum Gasteiger partial charge on any atom is 0.244 e. The van der Waals surface area contributed by atoms with Crippen molar-refractivity contribution < 1.29 is 8.42 Å². The number of rotatable bonds is 6. The van der Waals surface area contributed by atoms with Crippen molar-refractivity contribution >= 4 is 43.1 Å². The Bertz CT molecular complexity index is 704. The molecular weight excluding hydrogens is 376 g/mol. The lowest BCUT2D eigenvalue weighted by Gasteiger charge is -2.15. The van der Waals surface area contributed by atoms with Crippen LogP contribution >= 0.6 is 27.3 Å². The summed E-state index contributed by atoms with van der Waals surface area (Å²) in [7, 11) is -3.71. The summed E-state index contributed by atoms with van der Waals surface area (Å²) in [6, 6.07) is 3.19. The molecule has 0 aliphatic rings. The van der Waals surface area contributed by atoms with Crippen molar-refractivity contribution in [2.45, 2.75) is 24.3 Å². The van der Waals surface area contributed by atoms with E-state index in [4.69, 9.17) is 5.84 Å². The van der Waals surface area contributed by atoms with Crippen molar-refractivity contribution in [3.05, 3.63) is 39.1 Å². The van der Waals surface area contributed by atoms with E-state index in [1.54, 1.807) is 11.3 Å². The second-order valence-corrected chi connectivity index (χ2v) is 7.88. The monoisotopic (exact) mass is 390 g/mol. The lowest BCUT2D eigenvalue weighted by molar-refractivity contribution is 0.560. The number of nitrogen functional groups attached to an aromatic ring is 1.